The van der Waals surface area contributed by atoms with Crippen LogP contribution in [0, 0.1) is 0 Å². The summed E-state index contributed by atoms with van der Waals surface area (Å²) >= 11 is 0. The van der Waals surface area contributed by atoms with Crippen LogP contribution in [0.15, 0.2) is 218 Å². The van der Waals surface area contributed by atoms with Gasteiger partial charge in [-0.05, 0) is 90.3 Å². The van der Waals surface area contributed by atoms with Gasteiger partial charge in [-0.2, -0.15) is 0 Å². The van der Waals surface area contributed by atoms with E-state index in [0.717, 1.165) is 66.2 Å². The fraction of sp³-hybridized carbons (Fsp3) is 0.0476. The molecule has 1 aliphatic rings. The number of aromatic nitrogens is 4. The first-order valence-electron chi connectivity index (χ1n) is 23.0. The average molecular weight is 855 g/mol. The third-order valence-corrected chi connectivity index (χ3v) is 13.9. The van der Waals surface area contributed by atoms with Crippen molar-refractivity contribution in [2.45, 2.75) is 19.3 Å². The Hall–Kier alpha value is -8.60. The fourth-order valence-corrected chi connectivity index (χ4v) is 10.6. The lowest BCUT2D eigenvalue weighted by Crippen LogP contribution is -2.15. The summed E-state index contributed by atoms with van der Waals surface area (Å²) in [7, 11) is 0. The molecule has 0 bridgehead atoms. The molecule has 2 aromatic heterocycles. The van der Waals surface area contributed by atoms with E-state index < -0.39 is 0 Å². The van der Waals surface area contributed by atoms with Crippen LogP contribution in [-0.4, -0.2) is 19.9 Å². The van der Waals surface area contributed by atoms with Crippen LogP contribution in [0.5, 0.6) is 0 Å². The van der Waals surface area contributed by atoms with E-state index in [2.05, 4.69) is 232 Å². The van der Waals surface area contributed by atoms with Crippen molar-refractivity contribution in [1.82, 2.24) is 19.9 Å². The van der Waals surface area contributed by atoms with Crippen molar-refractivity contribution in [3.8, 4) is 78.7 Å². The Morgan fingerprint density at radius 1 is 0.269 bits per heavy atom. The van der Waals surface area contributed by atoms with E-state index in [4.69, 9.17) is 19.9 Å². The van der Waals surface area contributed by atoms with Crippen molar-refractivity contribution in [1.29, 1.82) is 0 Å². The molecule has 12 aromatic rings. The molecule has 4 heteroatoms. The van der Waals surface area contributed by atoms with E-state index in [9.17, 15) is 0 Å². The average Bonchev–Trinajstić information content (AvgIpc) is 3.62. The zero-order valence-corrected chi connectivity index (χ0v) is 37.1. The van der Waals surface area contributed by atoms with Crippen LogP contribution in [0.1, 0.15) is 25.0 Å². The minimum absolute atomic E-state index is 0.316. The number of fused-ring (bicyclic) bond motifs is 7. The van der Waals surface area contributed by atoms with Crippen molar-refractivity contribution in [3.05, 3.63) is 230 Å². The molecule has 0 N–H and O–H groups in total. The molecule has 0 radical (unpaired) electrons. The third kappa shape index (κ3) is 6.29. The van der Waals surface area contributed by atoms with Gasteiger partial charge in [-0.1, -0.05) is 208 Å². The summed E-state index contributed by atoms with van der Waals surface area (Å²) in [5, 5.41) is 6.78. The second-order valence-corrected chi connectivity index (χ2v) is 18.1. The van der Waals surface area contributed by atoms with Gasteiger partial charge < -0.3 is 0 Å². The maximum atomic E-state index is 5.44. The first-order chi connectivity index (χ1) is 33.0. The summed E-state index contributed by atoms with van der Waals surface area (Å²) in [6, 6.07) is 77.8. The molecule has 0 saturated heterocycles. The Bertz CT molecular complexity index is 3690. The number of benzene rings is 10. The molecule has 0 spiro atoms. The van der Waals surface area contributed by atoms with Crippen LogP contribution < -0.4 is 0 Å². The zero-order valence-electron chi connectivity index (χ0n) is 37.1. The van der Waals surface area contributed by atoms with Gasteiger partial charge in [0.25, 0.3) is 0 Å². The highest BCUT2D eigenvalue weighted by Gasteiger charge is 2.36. The van der Waals surface area contributed by atoms with Crippen LogP contribution in [-0.2, 0) is 5.41 Å². The van der Waals surface area contributed by atoms with Gasteiger partial charge >= 0.3 is 0 Å². The van der Waals surface area contributed by atoms with E-state index in [-0.39, 0.29) is 5.41 Å². The Kier molecular flexibility index (Phi) is 8.84. The summed E-state index contributed by atoms with van der Waals surface area (Å²) in [6.07, 6.45) is 0. The van der Waals surface area contributed by atoms with E-state index in [1.807, 2.05) is 0 Å². The van der Waals surface area contributed by atoms with Gasteiger partial charge in [0.05, 0.1) is 22.4 Å². The zero-order chi connectivity index (χ0) is 44.6. The van der Waals surface area contributed by atoms with E-state index in [1.54, 1.807) is 0 Å². The van der Waals surface area contributed by atoms with Crippen LogP contribution in [0.4, 0.5) is 0 Å². The predicted octanol–water partition coefficient (Wildman–Crippen LogP) is 16.2. The molecule has 314 valence electrons. The summed E-state index contributed by atoms with van der Waals surface area (Å²) in [5.74, 6) is 1.42. The molecule has 67 heavy (non-hydrogen) atoms. The van der Waals surface area contributed by atoms with Gasteiger partial charge in [-0.25, -0.2) is 19.9 Å². The van der Waals surface area contributed by atoms with E-state index in [0.29, 0.717) is 11.6 Å². The van der Waals surface area contributed by atoms with Crippen LogP contribution in [0.2, 0.25) is 0 Å². The standard InChI is InChI=1S/C63H42N4/c1-63(2)55-37-41(61-64-57-31-11-9-21-53(57)59(66-61)51-29-15-25-45-43(23-13-27-47(45)51)39-17-5-3-6-18-39)33-35-49(55)50-36-34-42(38-56(50)63)62-65-58-32-12-10-22-54(58)60(67-62)52-30-16-26-46-44(24-14-28-48(46)52)40-19-7-4-8-20-40/h3-38H,1-2H3. The monoisotopic (exact) mass is 854 g/mol. The molecule has 0 unspecified atom stereocenters. The second kappa shape index (κ2) is 15.3. The molecular weight excluding hydrogens is 813 g/mol. The van der Waals surface area contributed by atoms with Gasteiger partial charge in [0.15, 0.2) is 11.6 Å². The van der Waals surface area contributed by atoms with Crippen molar-refractivity contribution in [2.24, 2.45) is 0 Å². The van der Waals surface area contributed by atoms with Crippen molar-refractivity contribution in [3.63, 3.8) is 0 Å². The maximum absolute atomic E-state index is 5.44. The molecular formula is C63H42N4. The molecule has 0 amide bonds. The Labute approximate surface area is 389 Å². The maximum Gasteiger partial charge on any atom is 0.160 e. The minimum atomic E-state index is -0.316. The summed E-state index contributed by atoms with van der Waals surface area (Å²) in [6.45, 7) is 4.65. The molecule has 10 aromatic carbocycles. The number of hydrogen-bond donors (Lipinski definition) is 0. The summed E-state index contributed by atoms with van der Waals surface area (Å²) in [4.78, 5) is 21.3. The van der Waals surface area contributed by atoms with Crippen molar-refractivity contribution >= 4 is 43.4 Å². The SMILES string of the molecule is CC1(C)c2cc(-c3nc(-c4cccc5c(-c6ccccc6)cccc45)c4ccccc4n3)ccc2-c2ccc(-c3nc(-c4cccc5c(-c6ccccc6)cccc45)c4ccccc4n3)cc21. The van der Waals surface area contributed by atoms with Crippen molar-refractivity contribution < 1.29 is 0 Å². The lowest BCUT2D eigenvalue weighted by atomic mass is 9.81. The smallest absolute Gasteiger partial charge is 0.160 e. The molecule has 13 rings (SSSR count). The summed E-state index contributed by atoms with van der Waals surface area (Å²) < 4.78 is 0. The Morgan fingerprint density at radius 2 is 0.627 bits per heavy atom. The molecule has 1 aliphatic carbocycles. The quantitative estimate of drug-likeness (QED) is 0.167. The molecule has 0 aliphatic heterocycles. The molecule has 0 saturated carbocycles. The Balaban J connectivity index is 0.907. The van der Waals surface area contributed by atoms with E-state index in [1.165, 1.54) is 55.3 Å². The number of rotatable bonds is 6. The first kappa shape index (κ1) is 38.8. The first-order valence-corrected chi connectivity index (χ1v) is 23.0. The predicted molar refractivity (Wildman–Crippen MR) is 278 cm³/mol. The van der Waals surface area contributed by atoms with Gasteiger partial charge in [-0.3, -0.25) is 0 Å². The lowest BCUT2D eigenvalue weighted by molar-refractivity contribution is 0.660. The molecule has 4 nitrogen and oxygen atoms in total. The van der Waals surface area contributed by atoms with E-state index >= 15 is 0 Å². The van der Waals surface area contributed by atoms with Crippen LogP contribution in [0.25, 0.3) is 122 Å². The minimum Gasteiger partial charge on any atom is -0.228 e. The largest absolute Gasteiger partial charge is 0.228 e. The highest BCUT2D eigenvalue weighted by molar-refractivity contribution is 6.09. The fourth-order valence-electron chi connectivity index (χ4n) is 10.6. The highest BCUT2D eigenvalue weighted by Crippen LogP contribution is 2.51. The second-order valence-electron chi connectivity index (χ2n) is 18.1. The molecule has 0 fully saturated rings. The van der Waals surface area contributed by atoms with Gasteiger partial charge in [0.1, 0.15) is 0 Å². The number of hydrogen-bond acceptors (Lipinski definition) is 4. The van der Waals surface area contributed by atoms with Crippen LogP contribution in [0.3, 0.4) is 0 Å². The van der Waals surface area contributed by atoms with Crippen LogP contribution >= 0.6 is 0 Å². The van der Waals surface area contributed by atoms with Gasteiger partial charge in [0.2, 0.25) is 0 Å². The number of nitrogens with zero attached hydrogens (tertiary/aromatic N) is 4. The third-order valence-electron chi connectivity index (χ3n) is 13.9. The Morgan fingerprint density at radius 3 is 1.06 bits per heavy atom. The molecule has 0 atom stereocenters. The van der Waals surface area contributed by atoms with Gasteiger partial charge in [-0.15, -0.1) is 0 Å². The lowest BCUT2D eigenvalue weighted by Gasteiger charge is -2.22. The van der Waals surface area contributed by atoms with Gasteiger partial charge in [0, 0.05) is 38.4 Å². The summed E-state index contributed by atoms with van der Waals surface area (Å²) in [5.41, 5.74) is 17.3. The molecule has 2 heterocycles. The topological polar surface area (TPSA) is 51.6 Å². The normalized spacial score (nSPS) is 12.7. The highest BCUT2D eigenvalue weighted by atomic mass is 14.9. The number of para-hydroxylation sites is 2. The van der Waals surface area contributed by atoms with Crippen molar-refractivity contribution in [2.75, 3.05) is 0 Å².